The van der Waals surface area contributed by atoms with Crippen molar-refractivity contribution in [1.82, 2.24) is 0 Å². The van der Waals surface area contributed by atoms with E-state index in [1.54, 1.807) is 12.1 Å². The molecule has 0 aliphatic carbocycles. The number of ether oxygens (including phenoxy) is 1. The first-order valence-electron chi connectivity index (χ1n) is 8.12. The fourth-order valence-electron chi connectivity index (χ4n) is 3.37. The van der Waals surface area contributed by atoms with Gasteiger partial charge in [0, 0.05) is 23.4 Å². The minimum Gasteiger partial charge on any atom is -0.489 e. The van der Waals surface area contributed by atoms with Gasteiger partial charge in [0.2, 0.25) is 0 Å². The van der Waals surface area contributed by atoms with Crippen LogP contribution in [0, 0.1) is 10.1 Å². The molecule has 1 aliphatic rings. The first-order valence-corrected chi connectivity index (χ1v) is 8.12. The van der Waals surface area contributed by atoms with Crippen LogP contribution in [0.4, 0.5) is 11.4 Å². The van der Waals surface area contributed by atoms with Gasteiger partial charge in [-0.05, 0) is 55.5 Å². The molecule has 1 N–H and O–H groups in total. The molecule has 5 nitrogen and oxygen atoms in total. The summed E-state index contributed by atoms with van der Waals surface area (Å²) >= 11 is 0. The molecule has 0 amide bonds. The Kier molecular flexibility index (Phi) is 4.18. The summed E-state index contributed by atoms with van der Waals surface area (Å²) in [7, 11) is 0. The standard InChI is InChI=1S/C19H22N2O3/c1-13-11-19(2,3)20-18-8-7-16(10-17(13)18)24-12-14-5-4-6-15(9-14)21(22)23/h4-10,13,20H,11-12H2,1-3H3. The summed E-state index contributed by atoms with van der Waals surface area (Å²) in [5.74, 6) is 1.24. The van der Waals surface area contributed by atoms with E-state index in [-0.39, 0.29) is 11.2 Å². The van der Waals surface area contributed by atoms with Crippen LogP contribution in [0.2, 0.25) is 0 Å². The van der Waals surface area contributed by atoms with E-state index in [4.69, 9.17) is 4.74 Å². The molecule has 0 fully saturated rings. The number of rotatable bonds is 4. The fourth-order valence-corrected chi connectivity index (χ4v) is 3.37. The summed E-state index contributed by atoms with van der Waals surface area (Å²) in [6.45, 7) is 6.96. The molecule has 126 valence electrons. The van der Waals surface area contributed by atoms with Crippen molar-refractivity contribution in [3.8, 4) is 5.75 Å². The van der Waals surface area contributed by atoms with Gasteiger partial charge < -0.3 is 10.1 Å². The lowest BCUT2D eigenvalue weighted by molar-refractivity contribution is -0.384. The van der Waals surface area contributed by atoms with E-state index >= 15 is 0 Å². The van der Waals surface area contributed by atoms with Crippen molar-refractivity contribution in [1.29, 1.82) is 0 Å². The van der Waals surface area contributed by atoms with E-state index in [1.807, 2.05) is 12.1 Å². The summed E-state index contributed by atoms with van der Waals surface area (Å²) in [5.41, 5.74) is 3.38. The van der Waals surface area contributed by atoms with E-state index in [2.05, 4.69) is 38.2 Å². The van der Waals surface area contributed by atoms with Crippen LogP contribution in [0.3, 0.4) is 0 Å². The number of benzene rings is 2. The van der Waals surface area contributed by atoms with Gasteiger partial charge in [0.15, 0.2) is 0 Å². The molecule has 2 aromatic carbocycles. The van der Waals surface area contributed by atoms with Gasteiger partial charge in [0.05, 0.1) is 4.92 Å². The molecule has 2 aromatic rings. The molecule has 1 unspecified atom stereocenters. The molecular formula is C19H22N2O3. The maximum atomic E-state index is 10.8. The molecule has 5 heteroatoms. The van der Waals surface area contributed by atoms with Crippen LogP contribution in [-0.4, -0.2) is 10.5 Å². The summed E-state index contributed by atoms with van der Waals surface area (Å²) in [6.07, 6.45) is 1.06. The molecule has 0 radical (unpaired) electrons. The Labute approximate surface area is 141 Å². The summed E-state index contributed by atoms with van der Waals surface area (Å²) in [6, 6.07) is 12.6. The minimum absolute atomic E-state index is 0.0848. The van der Waals surface area contributed by atoms with Crippen LogP contribution >= 0.6 is 0 Å². The largest absolute Gasteiger partial charge is 0.489 e. The van der Waals surface area contributed by atoms with Crippen molar-refractivity contribution in [2.24, 2.45) is 0 Å². The lowest BCUT2D eigenvalue weighted by Crippen LogP contribution is -2.36. The molecular weight excluding hydrogens is 304 g/mol. The number of nitrogens with one attached hydrogen (secondary N) is 1. The monoisotopic (exact) mass is 326 g/mol. The first-order chi connectivity index (χ1) is 11.3. The average molecular weight is 326 g/mol. The zero-order valence-corrected chi connectivity index (χ0v) is 14.2. The Bertz CT molecular complexity index is 771. The van der Waals surface area contributed by atoms with E-state index in [1.165, 1.54) is 11.6 Å². The number of non-ortho nitro benzene ring substituents is 1. The molecule has 3 rings (SSSR count). The Morgan fingerprint density at radius 1 is 1.29 bits per heavy atom. The summed E-state index contributed by atoms with van der Waals surface area (Å²) < 4.78 is 5.84. The van der Waals surface area contributed by atoms with Crippen LogP contribution < -0.4 is 10.1 Å². The number of nitrogens with zero attached hydrogens (tertiary/aromatic N) is 1. The lowest BCUT2D eigenvalue weighted by atomic mass is 9.82. The van der Waals surface area contributed by atoms with Crippen LogP contribution in [0.15, 0.2) is 42.5 Å². The van der Waals surface area contributed by atoms with E-state index < -0.39 is 4.92 Å². The lowest BCUT2D eigenvalue weighted by Gasteiger charge is -2.37. The fraction of sp³-hybridized carbons (Fsp3) is 0.368. The van der Waals surface area contributed by atoms with Crippen molar-refractivity contribution >= 4 is 11.4 Å². The normalized spacial score (nSPS) is 18.4. The highest BCUT2D eigenvalue weighted by Gasteiger charge is 2.29. The van der Waals surface area contributed by atoms with E-state index in [0.29, 0.717) is 12.5 Å². The van der Waals surface area contributed by atoms with Crippen LogP contribution in [0.5, 0.6) is 5.75 Å². The molecule has 0 aromatic heterocycles. The number of hydrogen-bond acceptors (Lipinski definition) is 4. The maximum absolute atomic E-state index is 10.8. The SMILES string of the molecule is CC1CC(C)(C)Nc2ccc(OCc3cccc([N+](=O)[O-])c3)cc21. The molecule has 1 atom stereocenters. The number of nitro benzene ring substituents is 1. The zero-order chi connectivity index (χ0) is 17.3. The van der Waals surface area contributed by atoms with Crippen molar-refractivity contribution in [3.05, 3.63) is 63.7 Å². The highest BCUT2D eigenvalue weighted by Crippen LogP contribution is 2.40. The number of fused-ring (bicyclic) bond motifs is 1. The summed E-state index contributed by atoms with van der Waals surface area (Å²) in [5, 5.41) is 14.4. The van der Waals surface area contributed by atoms with Gasteiger partial charge in [-0.15, -0.1) is 0 Å². The summed E-state index contributed by atoms with van der Waals surface area (Å²) in [4.78, 5) is 10.4. The molecule has 0 saturated heterocycles. The van der Waals surface area contributed by atoms with E-state index in [0.717, 1.165) is 23.4 Å². The first kappa shape index (κ1) is 16.3. The van der Waals surface area contributed by atoms with Crippen molar-refractivity contribution in [2.75, 3.05) is 5.32 Å². The van der Waals surface area contributed by atoms with Gasteiger partial charge in [0.25, 0.3) is 5.69 Å². The van der Waals surface area contributed by atoms with Gasteiger partial charge in [-0.25, -0.2) is 0 Å². The molecule has 0 bridgehead atoms. The highest BCUT2D eigenvalue weighted by atomic mass is 16.6. The Morgan fingerprint density at radius 2 is 2.08 bits per heavy atom. The minimum atomic E-state index is -0.391. The van der Waals surface area contributed by atoms with Gasteiger partial charge in [0.1, 0.15) is 12.4 Å². The second-order valence-corrected chi connectivity index (χ2v) is 7.08. The second kappa shape index (κ2) is 6.15. The number of anilines is 1. The quantitative estimate of drug-likeness (QED) is 0.643. The average Bonchev–Trinajstić information content (AvgIpc) is 2.52. The predicted molar refractivity (Wildman–Crippen MR) is 94.6 cm³/mol. The van der Waals surface area contributed by atoms with Crippen LogP contribution in [0.1, 0.15) is 44.2 Å². The van der Waals surface area contributed by atoms with Crippen molar-refractivity contribution < 1.29 is 9.66 Å². The van der Waals surface area contributed by atoms with Gasteiger partial charge in [-0.1, -0.05) is 19.1 Å². The topological polar surface area (TPSA) is 64.4 Å². The third-order valence-electron chi connectivity index (χ3n) is 4.37. The molecule has 1 heterocycles. The molecule has 0 saturated carbocycles. The van der Waals surface area contributed by atoms with Crippen molar-refractivity contribution in [2.45, 2.75) is 45.3 Å². The Balaban J connectivity index is 1.74. The number of nitro groups is 1. The third kappa shape index (κ3) is 3.50. The molecule has 24 heavy (non-hydrogen) atoms. The van der Waals surface area contributed by atoms with Crippen molar-refractivity contribution in [3.63, 3.8) is 0 Å². The van der Waals surface area contributed by atoms with E-state index in [9.17, 15) is 10.1 Å². The van der Waals surface area contributed by atoms with Crippen LogP contribution in [-0.2, 0) is 6.61 Å². The predicted octanol–water partition coefficient (Wildman–Crippen LogP) is 4.87. The van der Waals surface area contributed by atoms with Gasteiger partial charge in [-0.2, -0.15) is 0 Å². The van der Waals surface area contributed by atoms with Gasteiger partial charge in [-0.3, -0.25) is 10.1 Å². The maximum Gasteiger partial charge on any atom is 0.269 e. The number of hydrogen-bond donors (Lipinski definition) is 1. The second-order valence-electron chi connectivity index (χ2n) is 7.08. The Morgan fingerprint density at radius 3 is 2.83 bits per heavy atom. The third-order valence-corrected chi connectivity index (χ3v) is 4.37. The Hall–Kier alpha value is -2.56. The van der Waals surface area contributed by atoms with Crippen LogP contribution in [0.25, 0.3) is 0 Å². The van der Waals surface area contributed by atoms with Gasteiger partial charge >= 0.3 is 0 Å². The smallest absolute Gasteiger partial charge is 0.269 e. The molecule has 0 spiro atoms. The highest BCUT2D eigenvalue weighted by molar-refractivity contribution is 5.59. The molecule has 1 aliphatic heterocycles. The zero-order valence-electron chi connectivity index (χ0n) is 14.2.